The number of carbonyl (C=O) groups is 2. The van der Waals surface area contributed by atoms with Crippen molar-refractivity contribution in [3.05, 3.63) is 60.1 Å². The Kier molecular flexibility index (Phi) is 6.89. The molecule has 0 aliphatic carbocycles. The fourth-order valence-electron chi connectivity index (χ4n) is 5.53. The van der Waals surface area contributed by atoms with E-state index in [1.165, 1.54) is 7.11 Å². The lowest BCUT2D eigenvalue weighted by Crippen LogP contribution is -2.52. The molecule has 0 atom stereocenters. The van der Waals surface area contributed by atoms with E-state index >= 15 is 0 Å². The number of ether oxygens (including phenoxy) is 2. The molecular weight excluding hydrogens is 565 g/mol. The zero-order valence-corrected chi connectivity index (χ0v) is 24.2. The maximum Gasteiger partial charge on any atom is 0.410 e. The van der Waals surface area contributed by atoms with Crippen molar-refractivity contribution in [2.75, 3.05) is 33.3 Å². The molecule has 1 fully saturated rings. The van der Waals surface area contributed by atoms with E-state index in [-0.39, 0.29) is 36.4 Å². The number of halogens is 3. The molecule has 2 aliphatic rings. The van der Waals surface area contributed by atoms with Gasteiger partial charge in [0.05, 0.1) is 31.2 Å². The zero-order chi connectivity index (χ0) is 30.7. The van der Waals surface area contributed by atoms with Gasteiger partial charge < -0.3 is 23.7 Å². The number of aromatic nitrogens is 2. The van der Waals surface area contributed by atoms with Crippen molar-refractivity contribution >= 4 is 23.0 Å². The van der Waals surface area contributed by atoms with Gasteiger partial charge in [0.2, 0.25) is 0 Å². The van der Waals surface area contributed by atoms with Gasteiger partial charge in [0.15, 0.2) is 0 Å². The highest BCUT2D eigenvalue weighted by Crippen LogP contribution is 2.39. The van der Waals surface area contributed by atoms with E-state index in [2.05, 4.69) is 5.10 Å². The first kappa shape index (κ1) is 28.6. The van der Waals surface area contributed by atoms with Crippen LogP contribution in [0.1, 0.15) is 42.7 Å². The van der Waals surface area contributed by atoms with Crippen molar-refractivity contribution < 1.29 is 36.7 Å². The molecule has 2 aliphatic heterocycles. The number of alkyl halides is 3. The Morgan fingerprint density at radius 1 is 1.09 bits per heavy atom. The number of furan rings is 1. The number of amides is 2. The average Bonchev–Trinajstić information content (AvgIpc) is 3.54. The largest absolute Gasteiger partial charge is 0.496 e. The fourth-order valence-corrected chi connectivity index (χ4v) is 5.53. The van der Waals surface area contributed by atoms with Crippen LogP contribution >= 0.6 is 0 Å². The Bertz CT molecular complexity index is 1700. The van der Waals surface area contributed by atoms with E-state index in [0.29, 0.717) is 24.2 Å². The molecule has 6 rings (SSSR count). The third-order valence-corrected chi connectivity index (χ3v) is 7.64. The van der Waals surface area contributed by atoms with E-state index in [9.17, 15) is 22.8 Å². The number of nitrogens with zero attached hydrogens (tertiary/aromatic N) is 4. The lowest BCUT2D eigenvalue weighted by atomic mass is 9.92. The Hall–Kier alpha value is -4.48. The number of methoxy groups -OCH3 is 1. The molecule has 9 nitrogen and oxygen atoms in total. The van der Waals surface area contributed by atoms with Crippen LogP contribution in [0.3, 0.4) is 0 Å². The van der Waals surface area contributed by atoms with Gasteiger partial charge in [-0.2, -0.15) is 18.3 Å². The highest BCUT2D eigenvalue weighted by atomic mass is 19.4. The number of rotatable bonds is 5. The summed E-state index contributed by atoms with van der Waals surface area (Å²) in [5.41, 5.74) is 4.22. The molecule has 0 spiro atoms. The Morgan fingerprint density at radius 2 is 1.86 bits per heavy atom. The predicted molar refractivity (Wildman–Crippen MR) is 152 cm³/mol. The van der Waals surface area contributed by atoms with Gasteiger partial charge in [0.1, 0.15) is 23.5 Å². The van der Waals surface area contributed by atoms with Crippen LogP contribution in [0.25, 0.3) is 33.2 Å². The van der Waals surface area contributed by atoms with Crippen molar-refractivity contribution in [1.82, 2.24) is 19.6 Å². The standard InChI is InChI=1S/C31H31F3N4O5/c1-30(2,3)43-29(40)37-14-22(15-37)38-13-21(12-35-38)18-5-6-23-24(16-42-25(23)10-18)20-9-19-7-8-36(17-31(32,33)34)28(39)27(19)26(11-20)41-4/h5-6,9-13,16,22H,7-8,14-15,17H2,1-4H3. The second-order valence-corrected chi connectivity index (χ2v) is 11.9. The van der Waals surface area contributed by atoms with E-state index in [4.69, 9.17) is 13.9 Å². The van der Waals surface area contributed by atoms with E-state index in [1.54, 1.807) is 23.4 Å². The molecule has 0 bridgehead atoms. The molecule has 4 aromatic rings. The van der Waals surface area contributed by atoms with Gasteiger partial charge in [-0.15, -0.1) is 0 Å². The Balaban J connectivity index is 1.21. The van der Waals surface area contributed by atoms with Crippen molar-refractivity contribution in [1.29, 1.82) is 0 Å². The molecule has 2 aromatic heterocycles. The molecule has 0 radical (unpaired) electrons. The number of benzene rings is 2. The maximum atomic E-state index is 13.0. The molecule has 4 heterocycles. The Morgan fingerprint density at radius 3 is 2.56 bits per heavy atom. The molecule has 0 saturated carbocycles. The summed E-state index contributed by atoms with van der Waals surface area (Å²) in [7, 11) is 1.40. The van der Waals surface area contributed by atoms with Crippen molar-refractivity contribution in [2.24, 2.45) is 0 Å². The lowest BCUT2D eigenvalue weighted by molar-refractivity contribution is -0.141. The highest BCUT2D eigenvalue weighted by molar-refractivity contribution is 6.02. The van der Waals surface area contributed by atoms with Crippen molar-refractivity contribution in [3.8, 4) is 28.0 Å². The summed E-state index contributed by atoms with van der Waals surface area (Å²) in [5.74, 6) is -0.465. The summed E-state index contributed by atoms with van der Waals surface area (Å²) in [6, 6.07) is 9.37. The molecule has 2 amide bonds. The first-order chi connectivity index (χ1) is 20.3. The number of fused-ring (bicyclic) bond motifs is 2. The number of carbonyl (C=O) groups excluding carboxylic acids is 2. The first-order valence-corrected chi connectivity index (χ1v) is 13.9. The molecule has 1 saturated heterocycles. The van der Waals surface area contributed by atoms with E-state index in [0.717, 1.165) is 32.5 Å². The lowest BCUT2D eigenvalue weighted by Gasteiger charge is -2.39. The molecule has 226 valence electrons. The van der Waals surface area contributed by atoms with Crippen LogP contribution in [0.2, 0.25) is 0 Å². The van der Waals surface area contributed by atoms with Gasteiger partial charge in [-0.3, -0.25) is 9.48 Å². The van der Waals surface area contributed by atoms with Gasteiger partial charge in [0.25, 0.3) is 5.91 Å². The van der Waals surface area contributed by atoms with Crippen LogP contribution in [-0.2, 0) is 11.2 Å². The normalized spacial score (nSPS) is 15.9. The number of hydrogen-bond acceptors (Lipinski definition) is 6. The second-order valence-electron chi connectivity index (χ2n) is 11.9. The van der Waals surface area contributed by atoms with Crippen molar-refractivity contribution in [2.45, 2.75) is 45.0 Å². The maximum absolute atomic E-state index is 13.0. The summed E-state index contributed by atoms with van der Waals surface area (Å²) in [5, 5.41) is 5.35. The molecule has 0 unspecified atom stereocenters. The van der Waals surface area contributed by atoms with Gasteiger partial charge in [-0.25, -0.2) is 4.79 Å². The summed E-state index contributed by atoms with van der Waals surface area (Å²) in [4.78, 5) is 27.6. The molecule has 0 N–H and O–H groups in total. The van der Waals surface area contributed by atoms with Crippen LogP contribution in [-0.4, -0.2) is 76.6 Å². The minimum absolute atomic E-state index is 0.0268. The van der Waals surface area contributed by atoms with Gasteiger partial charge in [-0.1, -0.05) is 6.07 Å². The highest BCUT2D eigenvalue weighted by Gasteiger charge is 2.37. The third kappa shape index (κ3) is 5.65. The van der Waals surface area contributed by atoms with Gasteiger partial charge in [-0.05, 0) is 68.1 Å². The van der Waals surface area contributed by atoms with Gasteiger partial charge in [0, 0.05) is 42.3 Å². The van der Waals surface area contributed by atoms with Crippen LogP contribution < -0.4 is 4.74 Å². The fraction of sp³-hybridized carbons (Fsp3) is 0.387. The molecular formula is C31H31F3N4O5. The number of likely N-dealkylation sites (tertiary alicyclic amines) is 1. The van der Waals surface area contributed by atoms with E-state index in [1.807, 2.05) is 55.9 Å². The monoisotopic (exact) mass is 596 g/mol. The molecule has 2 aromatic carbocycles. The SMILES string of the molecule is COc1cc(-c2coc3cc(-c4cnn(C5CN(C(=O)OC(C)(C)C)C5)c4)ccc23)cc2c1C(=O)N(CC(F)(F)F)CC2. The zero-order valence-electron chi connectivity index (χ0n) is 24.2. The quantitative estimate of drug-likeness (QED) is 0.268. The summed E-state index contributed by atoms with van der Waals surface area (Å²) < 4.78 is 57.6. The predicted octanol–water partition coefficient (Wildman–Crippen LogP) is 6.32. The van der Waals surface area contributed by atoms with Crippen LogP contribution in [0, 0.1) is 0 Å². The molecule has 12 heteroatoms. The van der Waals surface area contributed by atoms with Crippen molar-refractivity contribution in [3.63, 3.8) is 0 Å². The number of hydrogen-bond donors (Lipinski definition) is 0. The topological polar surface area (TPSA) is 90.0 Å². The third-order valence-electron chi connectivity index (χ3n) is 7.64. The molecule has 43 heavy (non-hydrogen) atoms. The first-order valence-electron chi connectivity index (χ1n) is 13.9. The second kappa shape index (κ2) is 10.4. The summed E-state index contributed by atoms with van der Waals surface area (Å²) in [6.07, 6.45) is 0.806. The van der Waals surface area contributed by atoms with Crippen LogP contribution in [0.15, 0.2) is 53.4 Å². The van der Waals surface area contributed by atoms with Gasteiger partial charge >= 0.3 is 12.3 Å². The average molecular weight is 597 g/mol. The minimum atomic E-state index is -4.48. The minimum Gasteiger partial charge on any atom is -0.496 e. The summed E-state index contributed by atoms with van der Waals surface area (Å²) in [6.45, 7) is 5.23. The van der Waals surface area contributed by atoms with Crippen LogP contribution in [0.5, 0.6) is 5.75 Å². The smallest absolute Gasteiger partial charge is 0.410 e. The van der Waals surface area contributed by atoms with Crippen LogP contribution in [0.4, 0.5) is 18.0 Å². The summed E-state index contributed by atoms with van der Waals surface area (Å²) >= 11 is 0. The Labute approximate surface area is 245 Å². The van der Waals surface area contributed by atoms with E-state index < -0.39 is 24.2 Å².